The van der Waals surface area contributed by atoms with Gasteiger partial charge in [-0.2, -0.15) is 0 Å². The van der Waals surface area contributed by atoms with Crippen molar-refractivity contribution < 1.29 is 17.1 Å². The Balaban J connectivity index is -0.0000000849. The zero-order chi connectivity index (χ0) is 9.52. The maximum atomic E-state index is 2.34. The summed E-state index contributed by atoms with van der Waals surface area (Å²) in [6.07, 6.45) is 13.2. The Hall–Kier alpha value is 0.479. The van der Waals surface area contributed by atoms with Crippen LogP contribution in [0.2, 0.25) is 0 Å². The van der Waals surface area contributed by atoms with E-state index in [0.717, 1.165) is 6.04 Å². The van der Waals surface area contributed by atoms with Crippen LogP contribution in [0.25, 0.3) is 0 Å². The second-order valence-corrected chi connectivity index (χ2v) is 4.67. The first-order chi connectivity index (χ1) is 6.30. The van der Waals surface area contributed by atoms with Crippen molar-refractivity contribution in [2.24, 2.45) is 0 Å². The molecule has 2 saturated carbocycles. The summed E-state index contributed by atoms with van der Waals surface area (Å²) < 4.78 is 0. The van der Waals surface area contributed by atoms with Gasteiger partial charge in [-0.15, -0.1) is 0 Å². The fraction of sp³-hybridized carbons (Fsp3) is 0.867. The maximum absolute atomic E-state index is 2.34. The molecule has 0 aliphatic heterocycles. The van der Waals surface area contributed by atoms with Crippen molar-refractivity contribution in [1.29, 1.82) is 0 Å². The van der Waals surface area contributed by atoms with E-state index in [4.69, 9.17) is 0 Å². The molecule has 2 rings (SSSR count). The third kappa shape index (κ3) is 12.7. The molecule has 2 aliphatic rings. The third-order valence-corrected chi connectivity index (χ3v) is 3.30. The zero-order valence-corrected chi connectivity index (χ0v) is 12.8. The van der Waals surface area contributed by atoms with E-state index < -0.39 is 0 Å². The summed E-state index contributed by atoms with van der Waals surface area (Å²) in [5.74, 6) is 0. The molecule has 0 N–H and O–H groups in total. The van der Waals surface area contributed by atoms with Gasteiger partial charge in [-0.25, -0.2) is 0 Å². The summed E-state index contributed by atoms with van der Waals surface area (Å²) in [6, 6.07) is 0.898. The predicted octanol–water partition coefficient (Wildman–Crippen LogP) is 4.98. The molecule has 0 heterocycles. The molecule has 0 atom stereocenters. The summed E-state index contributed by atoms with van der Waals surface area (Å²) in [7, 11) is 4.35. The van der Waals surface area contributed by atoms with E-state index in [0.29, 0.717) is 0 Å². The van der Waals surface area contributed by atoms with Crippen molar-refractivity contribution in [3.63, 3.8) is 0 Å². The van der Waals surface area contributed by atoms with Gasteiger partial charge in [0, 0.05) is 6.04 Å². The molecule has 1 nitrogen and oxygen atoms in total. The summed E-state index contributed by atoms with van der Waals surface area (Å²) >= 11 is 0. The van der Waals surface area contributed by atoms with E-state index in [1.54, 1.807) is 0 Å². The Morgan fingerprint density at radius 2 is 1.00 bits per heavy atom. The third-order valence-electron chi connectivity index (χ3n) is 3.30. The number of hydrogen-bond acceptors (Lipinski definition) is 1. The molecule has 0 bridgehead atoms. The van der Waals surface area contributed by atoms with E-state index in [1.807, 2.05) is 0 Å². The Morgan fingerprint density at radius 1 is 0.706 bits per heavy atom. The van der Waals surface area contributed by atoms with E-state index in [1.165, 1.54) is 57.8 Å². The van der Waals surface area contributed by atoms with Crippen molar-refractivity contribution >= 4 is 0 Å². The molecule has 2 heteroatoms. The fourth-order valence-electron chi connectivity index (χ4n) is 2.30. The molecule has 0 spiro atoms. The predicted molar refractivity (Wildman–Crippen MR) is 78.6 cm³/mol. The molecule has 0 aromatic heterocycles. The van der Waals surface area contributed by atoms with Gasteiger partial charge in [0.15, 0.2) is 0 Å². The molecule has 108 valence electrons. The molecule has 0 saturated heterocycles. The molecule has 17 heavy (non-hydrogen) atoms. The standard InChI is InChI=1S/C7H15N.C5H10.CH4.2CH3.Fe/c1-8(2)7-5-3-4-6-7;1-2-4-5-3-1;;;;/h7H,3-6H2,1-2H3;1-5H2;1H4;2*1H3;/q;;;2*-1;+2. The van der Waals surface area contributed by atoms with Gasteiger partial charge >= 0.3 is 17.1 Å². The molecule has 0 radical (unpaired) electrons. The first kappa shape index (κ1) is 26.1. The van der Waals surface area contributed by atoms with Crippen molar-refractivity contribution in [1.82, 2.24) is 4.90 Å². The van der Waals surface area contributed by atoms with E-state index in [-0.39, 0.29) is 39.3 Å². The van der Waals surface area contributed by atoms with Gasteiger partial charge in [-0.05, 0) is 26.9 Å². The van der Waals surface area contributed by atoms with Gasteiger partial charge in [0.2, 0.25) is 0 Å². The summed E-state index contributed by atoms with van der Waals surface area (Å²) in [6.45, 7) is 0. The van der Waals surface area contributed by atoms with E-state index >= 15 is 0 Å². The quantitative estimate of drug-likeness (QED) is 0.485. The van der Waals surface area contributed by atoms with Gasteiger partial charge in [0.25, 0.3) is 0 Å². The van der Waals surface area contributed by atoms with Crippen LogP contribution in [0, 0.1) is 14.9 Å². The van der Waals surface area contributed by atoms with Gasteiger partial charge < -0.3 is 19.8 Å². The number of nitrogens with zero attached hydrogens (tertiary/aromatic N) is 1. The van der Waals surface area contributed by atoms with Gasteiger partial charge in [-0.3, -0.25) is 0 Å². The molecule has 0 unspecified atom stereocenters. The van der Waals surface area contributed by atoms with Crippen LogP contribution in [0.5, 0.6) is 0 Å². The second kappa shape index (κ2) is 16.5. The molecule has 0 aromatic carbocycles. The average Bonchev–Trinajstić information content (AvgIpc) is 2.82. The Kier molecular flexibility index (Phi) is 25.3. The monoisotopic (exact) mass is 285 g/mol. The first-order valence-electron chi connectivity index (χ1n) is 5.97. The SMILES string of the molecule is C.C1CCCC1.CN(C)C1CCCC1.[CH3-].[CH3-].[Fe+2]. The van der Waals surface area contributed by atoms with Crippen LogP contribution < -0.4 is 0 Å². The van der Waals surface area contributed by atoms with E-state index in [2.05, 4.69) is 19.0 Å². The van der Waals surface area contributed by atoms with Crippen molar-refractivity contribution in [3.05, 3.63) is 14.9 Å². The van der Waals surface area contributed by atoms with Crippen molar-refractivity contribution in [3.8, 4) is 0 Å². The first-order valence-corrected chi connectivity index (χ1v) is 5.97. The average molecular weight is 285 g/mol. The molecular formula is C15H35FeN. The Morgan fingerprint density at radius 3 is 1.18 bits per heavy atom. The Bertz CT molecular complexity index is 108. The minimum atomic E-state index is 0. The summed E-state index contributed by atoms with van der Waals surface area (Å²) in [5.41, 5.74) is 0. The smallest absolute Gasteiger partial charge is 0.358 e. The van der Waals surface area contributed by atoms with Gasteiger partial charge in [0.1, 0.15) is 0 Å². The minimum absolute atomic E-state index is 0. The van der Waals surface area contributed by atoms with Crippen LogP contribution >= 0.6 is 0 Å². The Labute approximate surface area is 122 Å². The zero-order valence-electron chi connectivity index (χ0n) is 11.7. The second-order valence-electron chi connectivity index (χ2n) is 4.67. The maximum Gasteiger partial charge on any atom is 2.00 e. The molecule has 2 fully saturated rings. The van der Waals surface area contributed by atoms with Gasteiger partial charge in [0.05, 0.1) is 0 Å². The van der Waals surface area contributed by atoms with Crippen LogP contribution in [0.3, 0.4) is 0 Å². The molecule has 0 amide bonds. The van der Waals surface area contributed by atoms with E-state index in [9.17, 15) is 0 Å². The van der Waals surface area contributed by atoms with Crippen LogP contribution in [0.4, 0.5) is 0 Å². The normalized spacial score (nSPS) is 17.8. The van der Waals surface area contributed by atoms with Crippen molar-refractivity contribution in [2.75, 3.05) is 14.1 Å². The molecule has 2 aliphatic carbocycles. The topological polar surface area (TPSA) is 3.24 Å². The van der Waals surface area contributed by atoms with Crippen LogP contribution in [-0.2, 0) is 17.1 Å². The number of rotatable bonds is 1. The molecule has 0 aromatic rings. The van der Waals surface area contributed by atoms with Crippen LogP contribution in [0.1, 0.15) is 65.2 Å². The number of hydrogen-bond donors (Lipinski definition) is 0. The van der Waals surface area contributed by atoms with Crippen molar-refractivity contribution in [2.45, 2.75) is 71.3 Å². The summed E-state index contributed by atoms with van der Waals surface area (Å²) in [5, 5.41) is 0. The molecular weight excluding hydrogens is 250 g/mol. The summed E-state index contributed by atoms with van der Waals surface area (Å²) in [4.78, 5) is 2.34. The van der Waals surface area contributed by atoms with Crippen LogP contribution in [0.15, 0.2) is 0 Å². The van der Waals surface area contributed by atoms with Crippen LogP contribution in [-0.4, -0.2) is 25.0 Å². The van der Waals surface area contributed by atoms with Gasteiger partial charge in [-0.1, -0.05) is 52.4 Å². The largest absolute Gasteiger partial charge is 2.00 e. The minimum Gasteiger partial charge on any atom is -0.358 e. The fourth-order valence-corrected chi connectivity index (χ4v) is 2.30.